The molecule has 6 nitrogen and oxygen atoms in total. The summed E-state index contributed by atoms with van der Waals surface area (Å²) in [7, 11) is 0. The molecule has 7 heteroatoms. The zero-order valence-corrected chi connectivity index (χ0v) is 16.6. The second-order valence-electron chi connectivity index (χ2n) is 6.76. The number of piperidine rings is 1. The first-order valence-corrected chi connectivity index (χ1v) is 10.4. The lowest BCUT2D eigenvalue weighted by Gasteiger charge is -2.31. The highest BCUT2D eigenvalue weighted by molar-refractivity contribution is 7.12. The van der Waals surface area contributed by atoms with E-state index in [-0.39, 0.29) is 12.0 Å². The van der Waals surface area contributed by atoms with E-state index in [1.165, 1.54) is 11.3 Å². The fourth-order valence-electron chi connectivity index (χ4n) is 3.20. The molecule has 0 N–H and O–H groups in total. The molecular formula is C21H22N4O2S. The Labute approximate surface area is 168 Å². The van der Waals surface area contributed by atoms with Gasteiger partial charge in [-0.2, -0.15) is 0 Å². The number of carbonyl (C=O) groups is 1. The Bertz CT molecular complexity index is 927. The molecule has 3 aromatic rings. The Balaban J connectivity index is 1.41. The molecule has 1 fully saturated rings. The van der Waals surface area contributed by atoms with Gasteiger partial charge < -0.3 is 9.64 Å². The summed E-state index contributed by atoms with van der Waals surface area (Å²) >= 11 is 1.39. The largest absolute Gasteiger partial charge is 0.458 e. The Morgan fingerprint density at radius 2 is 2.04 bits per heavy atom. The normalized spacial score (nSPS) is 16.8. The SMILES string of the molecule is CCc1cnc(OC2CCCN(C(=O)c3nc(-c4ccccc4)cs3)C2)nc1. The monoisotopic (exact) mass is 394 g/mol. The molecule has 0 bridgehead atoms. The first kappa shape index (κ1) is 18.6. The van der Waals surface area contributed by atoms with E-state index in [1.54, 1.807) is 12.4 Å². The summed E-state index contributed by atoms with van der Waals surface area (Å²) in [5, 5.41) is 2.45. The molecule has 4 rings (SSSR count). The number of hydrogen-bond donors (Lipinski definition) is 0. The molecule has 0 spiro atoms. The van der Waals surface area contributed by atoms with Gasteiger partial charge in [0.25, 0.3) is 5.91 Å². The number of aromatic nitrogens is 3. The number of aryl methyl sites for hydroxylation is 1. The molecule has 0 saturated carbocycles. The van der Waals surface area contributed by atoms with Gasteiger partial charge in [0.2, 0.25) is 0 Å². The van der Waals surface area contributed by atoms with E-state index in [9.17, 15) is 4.79 Å². The van der Waals surface area contributed by atoms with E-state index in [1.807, 2.05) is 40.6 Å². The van der Waals surface area contributed by atoms with E-state index in [0.717, 1.165) is 36.1 Å². The fraction of sp³-hybridized carbons (Fsp3) is 0.333. The van der Waals surface area contributed by atoms with Crippen molar-refractivity contribution in [2.75, 3.05) is 13.1 Å². The lowest BCUT2D eigenvalue weighted by Crippen LogP contribution is -2.44. The molecule has 1 saturated heterocycles. The molecule has 0 aliphatic carbocycles. The van der Waals surface area contributed by atoms with Crippen LogP contribution in [0.25, 0.3) is 11.3 Å². The van der Waals surface area contributed by atoms with Gasteiger partial charge in [0, 0.05) is 29.9 Å². The maximum Gasteiger partial charge on any atom is 0.316 e. The van der Waals surface area contributed by atoms with Crippen molar-refractivity contribution in [3.8, 4) is 17.3 Å². The molecule has 3 heterocycles. The number of ether oxygens (including phenoxy) is 1. The van der Waals surface area contributed by atoms with Crippen LogP contribution in [0, 0.1) is 0 Å². The van der Waals surface area contributed by atoms with Gasteiger partial charge in [-0.05, 0) is 24.8 Å². The van der Waals surface area contributed by atoms with E-state index >= 15 is 0 Å². The number of amides is 1. The minimum atomic E-state index is -0.0984. The summed E-state index contributed by atoms with van der Waals surface area (Å²) in [6.07, 6.45) is 6.14. The zero-order chi connectivity index (χ0) is 19.3. The number of benzene rings is 1. The second kappa shape index (κ2) is 8.48. The highest BCUT2D eigenvalue weighted by Crippen LogP contribution is 2.24. The van der Waals surface area contributed by atoms with Crippen molar-refractivity contribution in [1.29, 1.82) is 0 Å². The Morgan fingerprint density at radius 1 is 1.25 bits per heavy atom. The molecule has 2 aromatic heterocycles. The molecule has 1 amide bonds. The van der Waals surface area contributed by atoms with Gasteiger partial charge >= 0.3 is 6.01 Å². The van der Waals surface area contributed by atoms with Crippen LogP contribution in [0.2, 0.25) is 0 Å². The van der Waals surface area contributed by atoms with E-state index in [0.29, 0.717) is 24.1 Å². The maximum atomic E-state index is 12.9. The van der Waals surface area contributed by atoms with Gasteiger partial charge in [0.05, 0.1) is 12.2 Å². The van der Waals surface area contributed by atoms with E-state index in [4.69, 9.17) is 4.74 Å². The Kier molecular flexibility index (Phi) is 5.62. The lowest BCUT2D eigenvalue weighted by molar-refractivity contribution is 0.0515. The van der Waals surface area contributed by atoms with E-state index < -0.39 is 0 Å². The van der Waals surface area contributed by atoms with Crippen LogP contribution in [0.3, 0.4) is 0 Å². The van der Waals surface area contributed by atoms with Gasteiger partial charge in [0.15, 0.2) is 5.01 Å². The smallest absolute Gasteiger partial charge is 0.316 e. The molecule has 1 aliphatic rings. The average Bonchev–Trinajstić information content (AvgIpc) is 3.25. The van der Waals surface area contributed by atoms with Crippen LogP contribution in [0.1, 0.15) is 35.1 Å². The van der Waals surface area contributed by atoms with Crippen molar-refractivity contribution < 1.29 is 9.53 Å². The maximum absolute atomic E-state index is 12.9. The third-order valence-electron chi connectivity index (χ3n) is 4.78. The summed E-state index contributed by atoms with van der Waals surface area (Å²) in [4.78, 5) is 27.8. The van der Waals surface area contributed by atoms with Crippen LogP contribution in [-0.4, -0.2) is 45.0 Å². The van der Waals surface area contributed by atoms with Crippen LogP contribution < -0.4 is 4.74 Å². The number of likely N-dealkylation sites (tertiary alicyclic amines) is 1. The minimum absolute atomic E-state index is 0.0391. The predicted molar refractivity (Wildman–Crippen MR) is 109 cm³/mol. The fourth-order valence-corrected chi connectivity index (χ4v) is 4.00. The van der Waals surface area contributed by atoms with Crippen molar-refractivity contribution in [2.45, 2.75) is 32.3 Å². The summed E-state index contributed by atoms with van der Waals surface area (Å²) in [5.74, 6) is -0.0391. The number of hydrogen-bond acceptors (Lipinski definition) is 6. The second-order valence-corrected chi connectivity index (χ2v) is 7.62. The number of rotatable bonds is 5. The van der Waals surface area contributed by atoms with E-state index in [2.05, 4.69) is 21.9 Å². The highest BCUT2D eigenvalue weighted by atomic mass is 32.1. The molecule has 1 aliphatic heterocycles. The number of thiazole rings is 1. The third kappa shape index (κ3) is 4.20. The standard InChI is InChI=1S/C21H22N4O2S/c1-2-15-11-22-21(23-12-15)27-17-9-6-10-25(13-17)20(26)19-24-18(14-28-19)16-7-4-3-5-8-16/h3-5,7-8,11-12,14,17H,2,6,9-10,13H2,1H3. The van der Waals surface area contributed by atoms with Crippen molar-refractivity contribution in [1.82, 2.24) is 19.9 Å². The molecule has 28 heavy (non-hydrogen) atoms. The number of nitrogens with zero attached hydrogens (tertiary/aromatic N) is 4. The van der Waals surface area contributed by atoms with Gasteiger partial charge in [0.1, 0.15) is 6.10 Å². The van der Waals surface area contributed by atoms with Crippen molar-refractivity contribution in [3.63, 3.8) is 0 Å². The number of carbonyl (C=O) groups excluding carboxylic acids is 1. The molecule has 1 atom stereocenters. The van der Waals surface area contributed by atoms with Crippen molar-refractivity contribution >= 4 is 17.2 Å². The zero-order valence-electron chi connectivity index (χ0n) is 15.7. The van der Waals surface area contributed by atoms with Crippen LogP contribution in [0.5, 0.6) is 6.01 Å². The third-order valence-corrected chi connectivity index (χ3v) is 5.61. The summed E-state index contributed by atoms with van der Waals surface area (Å²) < 4.78 is 5.91. The van der Waals surface area contributed by atoms with Gasteiger partial charge in [-0.25, -0.2) is 15.0 Å². The Morgan fingerprint density at radius 3 is 2.79 bits per heavy atom. The minimum Gasteiger partial charge on any atom is -0.458 e. The first-order chi connectivity index (χ1) is 13.7. The van der Waals surface area contributed by atoms with Crippen LogP contribution >= 0.6 is 11.3 Å². The summed E-state index contributed by atoms with van der Waals surface area (Å²) in [6.45, 7) is 3.30. The van der Waals surface area contributed by atoms with Crippen LogP contribution in [0.15, 0.2) is 48.1 Å². The lowest BCUT2D eigenvalue weighted by atomic mass is 10.1. The quantitative estimate of drug-likeness (QED) is 0.658. The Hall–Kier alpha value is -2.80. The molecule has 144 valence electrons. The average molecular weight is 394 g/mol. The van der Waals surface area contributed by atoms with Gasteiger partial charge in [-0.3, -0.25) is 4.79 Å². The van der Waals surface area contributed by atoms with Crippen LogP contribution in [-0.2, 0) is 6.42 Å². The molecule has 1 aromatic carbocycles. The van der Waals surface area contributed by atoms with Crippen LogP contribution in [0.4, 0.5) is 0 Å². The summed E-state index contributed by atoms with van der Waals surface area (Å²) in [5.41, 5.74) is 2.93. The summed E-state index contributed by atoms with van der Waals surface area (Å²) in [6, 6.07) is 10.3. The molecule has 1 unspecified atom stereocenters. The molecular weight excluding hydrogens is 372 g/mol. The van der Waals surface area contributed by atoms with Crippen molar-refractivity contribution in [3.05, 3.63) is 58.7 Å². The predicted octanol–water partition coefficient (Wildman–Crippen LogP) is 3.85. The van der Waals surface area contributed by atoms with Gasteiger partial charge in [-0.15, -0.1) is 11.3 Å². The topological polar surface area (TPSA) is 68.2 Å². The highest BCUT2D eigenvalue weighted by Gasteiger charge is 2.28. The first-order valence-electron chi connectivity index (χ1n) is 9.50. The van der Waals surface area contributed by atoms with Gasteiger partial charge in [-0.1, -0.05) is 37.3 Å². The van der Waals surface area contributed by atoms with Crippen molar-refractivity contribution in [2.24, 2.45) is 0 Å². The molecule has 0 radical (unpaired) electrons.